The van der Waals surface area contributed by atoms with Crippen molar-refractivity contribution in [2.24, 2.45) is 0 Å². The van der Waals surface area contributed by atoms with Crippen molar-refractivity contribution in [1.29, 1.82) is 0 Å². The highest BCUT2D eigenvalue weighted by Crippen LogP contribution is 2.27. The van der Waals surface area contributed by atoms with Gasteiger partial charge in [-0.3, -0.25) is 9.59 Å². The number of aryl methyl sites for hydroxylation is 1. The fourth-order valence-electron chi connectivity index (χ4n) is 3.52. The lowest BCUT2D eigenvalue weighted by Gasteiger charge is -2.19. The highest BCUT2D eigenvalue weighted by atomic mass is 32.1. The Bertz CT molecular complexity index is 1200. The molecule has 2 aromatic carbocycles. The second-order valence-corrected chi connectivity index (χ2v) is 8.19. The van der Waals surface area contributed by atoms with Gasteiger partial charge in [-0.05, 0) is 41.5 Å². The van der Waals surface area contributed by atoms with Crippen molar-refractivity contribution in [3.05, 3.63) is 98.1 Å². The second-order valence-electron chi connectivity index (χ2n) is 7.21. The minimum atomic E-state index is -0.323. The number of carbonyl (C=O) groups excluding carboxylic acids is 1. The van der Waals surface area contributed by atoms with Crippen molar-refractivity contribution in [2.75, 3.05) is 0 Å². The Morgan fingerprint density at radius 2 is 1.83 bits per heavy atom. The standard InChI is InChI=1S/C24H23N3O2S/c1-2-3-7-16-11-13-17(14-12-16)21(20-10-6-15-30-20)25-24(29)22-18-8-4-5-9-19(18)23(28)27-26-22/h4-6,8-15,21H,2-3,7H2,1H3,(H,25,29)(H,27,28). The van der Waals surface area contributed by atoms with Crippen LogP contribution in [-0.4, -0.2) is 16.1 Å². The summed E-state index contributed by atoms with van der Waals surface area (Å²) in [6, 6.07) is 19.1. The molecule has 0 aliphatic rings. The number of hydrogen-bond acceptors (Lipinski definition) is 4. The molecule has 1 amide bonds. The molecule has 2 N–H and O–H groups in total. The van der Waals surface area contributed by atoms with E-state index in [2.05, 4.69) is 46.7 Å². The van der Waals surface area contributed by atoms with E-state index in [-0.39, 0.29) is 23.2 Å². The highest BCUT2D eigenvalue weighted by Gasteiger charge is 2.21. The summed E-state index contributed by atoms with van der Waals surface area (Å²) in [5, 5.41) is 12.6. The molecule has 2 heterocycles. The monoisotopic (exact) mass is 417 g/mol. The van der Waals surface area contributed by atoms with Crippen LogP contribution in [0.3, 0.4) is 0 Å². The van der Waals surface area contributed by atoms with Crippen molar-refractivity contribution in [3.8, 4) is 0 Å². The van der Waals surface area contributed by atoms with Crippen molar-refractivity contribution < 1.29 is 4.79 Å². The van der Waals surface area contributed by atoms with Gasteiger partial charge in [0, 0.05) is 10.3 Å². The van der Waals surface area contributed by atoms with Gasteiger partial charge in [-0.15, -0.1) is 11.3 Å². The predicted octanol–water partition coefficient (Wildman–Crippen LogP) is 4.85. The summed E-state index contributed by atoms with van der Waals surface area (Å²) in [5.74, 6) is -0.323. The SMILES string of the molecule is CCCCc1ccc(C(NC(=O)c2n[nH]c(=O)c3ccccc23)c2cccs2)cc1. The topological polar surface area (TPSA) is 74.8 Å². The number of benzene rings is 2. The summed E-state index contributed by atoms with van der Waals surface area (Å²) in [5.41, 5.74) is 2.22. The van der Waals surface area contributed by atoms with Crippen LogP contribution in [0.2, 0.25) is 0 Å². The van der Waals surface area contributed by atoms with Crippen molar-refractivity contribution in [3.63, 3.8) is 0 Å². The fourth-order valence-corrected chi connectivity index (χ4v) is 4.32. The summed E-state index contributed by atoms with van der Waals surface area (Å²) >= 11 is 1.59. The maximum absolute atomic E-state index is 13.2. The fraction of sp³-hybridized carbons (Fsp3) is 0.208. The van der Waals surface area contributed by atoms with Crippen LogP contribution in [0.5, 0.6) is 0 Å². The van der Waals surface area contributed by atoms with E-state index in [1.807, 2.05) is 17.5 Å². The van der Waals surface area contributed by atoms with Gasteiger partial charge >= 0.3 is 0 Å². The molecule has 0 spiro atoms. The molecule has 1 atom stereocenters. The molecule has 2 aromatic heterocycles. The zero-order valence-corrected chi connectivity index (χ0v) is 17.5. The number of carbonyl (C=O) groups is 1. The number of nitrogens with zero attached hydrogens (tertiary/aromatic N) is 1. The molecule has 0 aliphatic carbocycles. The van der Waals surface area contributed by atoms with E-state index in [1.165, 1.54) is 5.56 Å². The molecule has 6 heteroatoms. The Morgan fingerprint density at radius 1 is 1.07 bits per heavy atom. The number of aromatic amines is 1. The third kappa shape index (κ3) is 4.19. The minimum absolute atomic E-state index is 0.214. The lowest BCUT2D eigenvalue weighted by molar-refractivity contribution is 0.0939. The first-order valence-corrected chi connectivity index (χ1v) is 11.0. The molecular weight excluding hydrogens is 394 g/mol. The number of thiophene rings is 1. The average Bonchev–Trinajstić information content (AvgIpc) is 3.31. The number of nitrogens with one attached hydrogen (secondary N) is 2. The Morgan fingerprint density at radius 3 is 2.53 bits per heavy atom. The van der Waals surface area contributed by atoms with Gasteiger partial charge in [-0.2, -0.15) is 5.10 Å². The molecule has 0 aliphatic heterocycles. The highest BCUT2D eigenvalue weighted by molar-refractivity contribution is 7.10. The second kappa shape index (κ2) is 9.05. The zero-order chi connectivity index (χ0) is 20.9. The van der Waals surface area contributed by atoms with Gasteiger partial charge < -0.3 is 5.32 Å². The molecule has 30 heavy (non-hydrogen) atoms. The smallest absolute Gasteiger partial charge is 0.273 e. The summed E-state index contributed by atoms with van der Waals surface area (Å²) in [6.07, 6.45) is 3.38. The summed E-state index contributed by atoms with van der Waals surface area (Å²) < 4.78 is 0. The lowest BCUT2D eigenvalue weighted by Crippen LogP contribution is -2.30. The first kappa shape index (κ1) is 20.0. The van der Waals surface area contributed by atoms with Crippen LogP contribution in [0.15, 0.2) is 70.8 Å². The number of amides is 1. The summed E-state index contributed by atoms with van der Waals surface area (Å²) in [7, 11) is 0. The molecule has 152 valence electrons. The first-order valence-electron chi connectivity index (χ1n) is 10.1. The van der Waals surface area contributed by atoms with Crippen LogP contribution >= 0.6 is 11.3 Å². The summed E-state index contributed by atoms with van der Waals surface area (Å²) in [6.45, 7) is 2.19. The molecule has 0 radical (unpaired) electrons. The van der Waals surface area contributed by atoms with E-state index in [0.717, 1.165) is 29.7 Å². The maximum Gasteiger partial charge on any atom is 0.273 e. The molecular formula is C24H23N3O2S. The van der Waals surface area contributed by atoms with Crippen LogP contribution in [0.25, 0.3) is 10.8 Å². The molecule has 1 unspecified atom stereocenters. The Kier molecular flexibility index (Phi) is 6.05. The number of H-pyrrole nitrogens is 1. The molecule has 5 nitrogen and oxygen atoms in total. The van der Waals surface area contributed by atoms with Gasteiger partial charge in [0.25, 0.3) is 11.5 Å². The van der Waals surface area contributed by atoms with Crippen molar-refractivity contribution in [1.82, 2.24) is 15.5 Å². The zero-order valence-electron chi connectivity index (χ0n) is 16.7. The minimum Gasteiger partial charge on any atom is -0.339 e. The lowest BCUT2D eigenvalue weighted by atomic mass is 10.0. The molecule has 4 rings (SSSR count). The normalized spacial score (nSPS) is 12.0. The number of fused-ring (bicyclic) bond motifs is 1. The van der Waals surface area contributed by atoms with Crippen LogP contribution in [0.4, 0.5) is 0 Å². The van der Waals surface area contributed by atoms with E-state index >= 15 is 0 Å². The van der Waals surface area contributed by atoms with Crippen LogP contribution in [0, 0.1) is 0 Å². The molecule has 0 saturated carbocycles. The van der Waals surface area contributed by atoms with Crippen molar-refractivity contribution >= 4 is 28.0 Å². The quantitative estimate of drug-likeness (QED) is 0.451. The van der Waals surface area contributed by atoms with E-state index in [1.54, 1.807) is 35.6 Å². The predicted molar refractivity (Wildman–Crippen MR) is 121 cm³/mol. The average molecular weight is 418 g/mol. The van der Waals surface area contributed by atoms with Gasteiger partial charge in [-0.25, -0.2) is 5.10 Å². The van der Waals surface area contributed by atoms with E-state index < -0.39 is 0 Å². The third-order valence-corrected chi connectivity index (χ3v) is 6.08. The molecule has 0 fully saturated rings. The largest absolute Gasteiger partial charge is 0.339 e. The van der Waals surface area contributed by atoms with E-state index in [9.17, 15) is 9.59 Å². The van der Waals surface area contributed by atoms with Gasteiger partial charge in [0.15, 0.2) is 5.69 Å². The first-order chi connectivity index (χ1) is 14.7. The molecule has 4 aromatic rings. The van der Waals surface area contributed by atoms with Crippen LogP contribution in [0.1, 0.15) is 52.3 Å². The Hall–Kier alpha value is -3.25. The van der Waals surface area contributed by atoms with Crippen molar-refractivity contribution in [2.45, 2.75) is 32.2 Å². The third-order valence-electron chi connectivity index (χ3n) is 5.15. The van der Waals surface area contributed by atoms with Gasteiger partial charge in [0.2, 0.25) is 0 Å². The summed E-state index contributed by atoms with van der Waals surface area (Å²) in [4.78, 5) is 26.2. The van der Waals surface area contributed by atoms with Crippen LogP contribution < -0.4 is 10.9 Å². The number of hydrogen-bond donors (Lipinski definition) is 2. The number of aromatic nitrogens is 2. The Labute approximate surface area is 178 Å². The Balaban J connectivity index is 1.66. The molecule has 0 saturated heterocycles. The molecule has 0 bridgehead atoms. The maximum atomic E-state index is 13.2. The van der Waals surface area contributed by atoms with E-state index in [0.29, 0.717) is 10.8 Å². The number of unbranched alkanes of at least 4 members (excludes halogenated alkanes) is 1. The number of rotatable bonds is 7. The van der Waals surface area contributed by atoms with E-state index in [4.69, 9.17) is 0 Å². The van der Waals surface area contributed by atoms with Gasteiger partial charge in [0.1, 0.15) is 0 Å². The van der Waals surface area contributed by atoms with Gasteiger partial charge in [0.05, 0.1) is 11.4 Å². The van der Waals surface area contributed by atoms with Gasteiger partial charge in [-0.1, -0.05) is 61.9 Å². The van der Waals surface area contributed by atoms with Crippen LogP contribution in [-0.2, 0) is 6.42 Å².